The molecule has 40 heavy (non-hydrogen) atoms. The molecule has 2 aromatic rings. The van der Waals surface area contributed by atoms with Gasteiger partial charge in [0, 0.05) is 18.8 Å². The predicted octanol–water partition coefficient (Wildman–Crippen LogP) is 1.40. The zero-order valence-corrected chi connectivity index (χ0v) is 22.6. The van der Waals surface area contributed by atoms with E-state index >= 15 is 0 Å². The summed E-state index contributed by atoms with van der Waals surface area (Å²) in [6, 6.07) is 3.19. The van der Waals surface area contributed by atoms with Crippen LogP contribution in [0.1, 0.15) is 51.1 Å². The van der Waals surface area contributed by atoms with Crippen molar-refractivity contribution in [1.82, 2.24) is 14.6 Å². The highest BCUT2D eigenvalue weighted by atomic mass is 16.7. The fourth-order valence-electron chi connectivity index (χ4n) is 5.14. The Balaban J connectivity index is 1.51. The molecule has 14 heteroatoms. The van der Waals surface area contributed by atoms with Gasteiger partial charge in [-0.3, -0.25) is 15.1 Å². The normalized spacial score (nSPS) is 26.1. The van der Waals surface area contributed by atoms with E-state index in [9.17, 15) is 19.8 Å². The van der Waals surface area contributed by atoms with E-state index < -0.39 is 41.5 Å². The number of amides is 1. The number of carbonyl (C=O) groups excluding carboxylic acids is 2. The summed E-state index contributed by atoms with van der Waals surface area (Å²) in [4.78, 5) is 32.9. The smallest absolute Gasteiger partial charge is 0.415 e. The summed E-state index contributed by atoms with van der Waals surface area (Å²) < 4.78 is 22.9. The molecule has 1 saturated carbocycles. The van der Waals surface area contributed by atoms with Gasteiger partial charge in [0.1, 0.15) is 36.8 Å². The van der Waals surface area contributed by atoms with Crippen LogP contribution in [-0.4, -0.2) is 87.4 Å². The monoisotopic (exact) mass is 560 g/mol. The van der Waals surface area contributed by atoms with Crippen LogP contribution in [0.3, 0.4) is 0 Å². The van der Waals surface area contributed by atoms with Crippen molar-refractivity contribution in [2.45, 2.75) is 74.9 Å². The molecule has 5 N–H and O–H groups in total. The van der Waals surface area contributed by atoms with E-state index in [1.807, 2.05) is 0 Å². The second kappa shape index (κ2) is 12.3. The average Bonchev–Trinajstić information content (AvgIpc) is 3.44. The number of aliphatic imine (C=N–C) groups is 1. The lowest BCUT2D eigenvalue weighted by Crippen LogP contribution is -2.44. The Bertz CT molecular complexity index is 1260. The second-order valence-electron chi connectivity index (χ2n) is 10.2. The van der Waals surface area contributed by atoms with Crippen LogP contribution in [-0.2, 0) is 29.3 Å². The number of ether oxygens (including phenoxy) is 4. The molecule has 1 aliphatic heterocycles. The van der Waals surface area contributed by atoms with E-state index in [0.29, 0.717) is 17.0 Å². The SMILES string of the molecule is C=C(C)OCOC(=O)Nc1ncnn2c([C@]3(C=NC)O[C@H](COC(=O)CC4(N)CCCCC4)[C@@H](O)[C@H]3O)ccc12. The number of nitrogens with two attached hydrogens (primary N) is 1. The van der Waals surface area contributed by atoms with Crippen molar-refractivity contribution in [3.63, 3.8) is 0 Å². The van der Waals surface area contributed by atoms with Gasteiger partial charge >= 0.3 is 12.1 Å². The first kappa shape index (κ1) is 29.4. The number of nitrogens with zero attached hydrogens (tertiary/aromatic N) is 4. The van der Waals surface area contributed by atoms with E-state index in [2.05, 4.69) is 27.0 Å². The van der Waals surface area contributed by atoms with Gasteiger partial charge in [-0.1, -0.05) is 25.8 Å². The minimum absolute atomic E-state index is 0.0672. The third-order valence-corrected chi connectivity index (χ3v) is 7.13. The number of carbonyl (C=O) groups is 2. The fraction of sp³-hybridized carbons (Fsp3) is 0.577. The summed E-state index contributed by atoms with van der Waals surface area (Å²) in [7, 11) is 1.49. The number of aliphatic hydroxyl groups is 2. The minimum Gasteiger partial charge on any atom is -0.463 e. The largest absolute Gasteiger partial charge is 0.463 e. The minimum atomic E-state index is -1.66. The molecule has 2 fully saturated rings. The van der Waals surface area contributed by atoms with Crippen molar-refractivity contribution in [3.8, 4) is 0 Å². The number of allylic oxidation sites excluding steroid dienone is 1. The standard InChI is InChI=1S/C26H36N6O8/c1-16(2)38-15-39-24(36)31-23-17-7-8-19(32(17)30-14-29-23)26(13-28-3)22(35)21(34)18(40-26)12-37-20(33)11-25(27)9-5-4-6-10-25/h7-8,13-14,18,21-22,34-35H,1,4-6,9-12,15,27H2,2-3H3,(H,29,30,31,36)/t18-,21-,22-,26+/m1/s1. The van der Waals surface area contributed by atoms with Gasteiger partial charge in [0.2, 0.25) is 6.79 Å². The summed E-state index contributed by atoms with van der Waals surface area (Å²) in [5, 5.41) is 28.8. The van der Waals surface area contributed by atoms with E-state index in [0.717, 1.165) is 32.1 Å². The van der Waals surface area contributed by atoms with Crippen molar-refractivity contribution < 1.29 is 38.7 Å². The molecule has 14 nitrogen and oxygen atoms in total. The zero-order valence-electron chi connectivity index (χ0n) is 22.6. The molecule has 3 heterocycles. The molecule has 0 spiro atoms. The Morgan fingerprint density at radius 1 is 1.27 bits per heavy atom. The van der Waals surface area contributed by atoms with Gasteiger partial charge in [0.05, 0.1) is 17.9 Å². The topological polar surface area (TPSA) is 192 Å². The first-order valence-corrected chi connectivity index (χ1v) is 13.1. The molecule has 218 valence electrons. The van der Waals surface area contributed by atoms with E-state index in [1.54, 1.807) is 19.1 Å². The maximum absolute atomic E-state index is 12.6. The average molecular weight is 561 g/mol. The van der Waals surface area contributed by atoms with E-state index in [1.165, 1.54) is 24.1 Å². The second-order valence-corrected chi connectivity index (χ2v) is 10.2. The van der Waals surface area contributed by atoms with Crippen LogP contribution >= 0.6 is 0 Å². The van der Waals surface area contributed by atoms with Gasteiger partial charge in [-0.25, -0.2) is 14.3 Å². The Morgan fingerprint density at radius 2 is 2.02 bits per heavy atom. The van der Waals surface area contributed by atoms with E-state index in [-0.39, 0.29) is 25.6 Å². The van der Waals surface area contributed by atoms with Crippen LogP contribution in [0.25, 0.3) is 5.52 Å². The summed E-state index contributed by atoms with van der Waals surface area (Å²) >= 11 is 0. The molecule has 0 aromatic carbocycles. The van der Waals surface area contributed by atoms with Crippen LogP contribution in [0.15, 0.2) is 35.8 Å². The first-order chi connectivity index (χ1) is 19.1. The summed E-state index contributed by atoms with van der Waals surface area (Å²) in [6.45, 7) is 4.54. The fourth-order valence-corrected chi connectivity index (χ4v) is 5.14. The molecule has 2 aliphatic rings. The van der Waals surface area contributed by atoms with Gasteiger partial charge in [-0.05, 0) is 31.9 Å². The van der Waals surface area contributed by atoms with Gasteiger partial charge in [-0.2, -0.15) is 5.10 Å². The lowest BCUT2D eigenvalue weighted by Gasteiger charge is -2.32. The Hall–Kier alpha value is -3.59. The van der Waals surface area contributed by atoms with E-state index in [4.69, 9.17) is 24.7 Å². The Morgan fingerprint density at radius 3 is 2.73 bits per heavy atom. The lowest BCUT2D eigenvalue weighted by atomic mass is 9.80. The number of fused-ring (bicyclic) bond motifs is 1. The molecule has 0 bridgehead atoms. The number of hydrogen-bond acceptors (Lipinski definition) is 12. The number of rotatable bonds is 10. The lowest BCUT2D eigenvalue weighted by molar-refractivity contribution is -0.152. The highest BCUT2D eigenvalue weighted by molar-refractivity contribution is 5.89. The summed E-state index contributed by atoms with van der Waals surface area (Å²) in [5.74, 6) is 0.00447. The Labute approximate surface area is 231 Å². The van der Waals surface area contributed by atoms with Crippen LogP contribution in [0, 0.1) is 0 Å². The van der Waals surface area contributed by atoms with Crippen molar-refractivity contribution in [2.24, 2.45) is 10.7 Å². The first-order valence-electron chi connectivity index (χ1n) is 13.1. The van der Waals surface area contributed by atoms with Gasteiger partial charge < -0.3 is 34.9 Å². The maximum atomic E-state index is 12.6. The van der Waals surface area contributed by atoms with Crippen molar-refractivity contribution in [3.05, 3.63) is 36.5 Å². The molecule has 4 rings (SSSR count). The quantitative estimate of drug-likeness (QED) is 0.142. The van der Waals surface area contributed by atoms with Crippen molar-refractivity contribution in [2.75, 3.05) is 25.8 Å². The highest BCUT2D eigenvalue weighted by Crippen LogP contribution is 2.40. The predicted molar refractivity (Wildman–Crippen MR) is 142 cm³/mol. The number of aliphatic hydroxyl groups excluding tert-OH is 2. The molecular weight excluding hydrogens is 524 g/mol. The van der Waals surface area contributed by atoms with Gasteiger partial charge in [0.15, 0.2) is 11.4 Å². The summed E-state index contributed by atoms with van der Waals surface area (Å²) in [5.41, 5.74) is 4.76. The molecule has 2 aromatic heterocycles. The zero-order chi connectivity index (χ0) is 28.9. The molecular formula is C26H36N6O8. The molecule has 1 aliphatic carbocycles. The van der Waals surface area contributed by atoms with Crippen LogP contribution < -0.4 is 11.1 Å². The maximum Gasteiger partial charge on any atom is 0.415 e. The third kappa shape index (κ3) is 6.25. The van der Waals surface area contributed by atoms with Crippen LogP contribution in [0.2, 0.25) is 0 Å². The highest BCUT2D eigenvalue weighted by Gasteiger charge is 2.56. The number of anilines is 1. The molecule has 1 amide bonds. The molecule has 0 radical (unpaired) electrons. The van der Waals surface area contributed by atoms with Gasteiger partial charge in [-0.15, -0.1) is 0 Å². The third-order valence-electron chi connectivity index (χ3n) is 7.13. The molecule has 0 unspecified atom stereocenters. The van der Waals surface area contributed by atoms with Crippen LogP contribution in [0.4, 0.5) is 10.6 Å². The number of aromatic nitrogens is 3. The van der Waals surface area contributed by atoms with Crippen molar-refractivity contribution >= 4 is 29.6 Å². The number of nitrogens with one attached hydrogen (secondary N) is 1. The Kier molecular flexibility index (Phi) is 9.03. The summed E-state index contributed by atoms with van der Waals surface area (Å²) in [6.07, 6.45) is 2.34. The van der Waals surface area contributed by atoms with Gasteiger partial charge in [0.25, 0.3) is 0 Å². The molecule has 4 atom stereocenters. The van der Waals surface area contributed by atoms with Crippen molar-refractivity contribution in [1.29, 1.82) is 0 Å². The van der Waals surface area contributed by atoms with Crippen LogP contribution in [0.5, 0.6) is 0 Å². The number of esters is 1. The molecule has 1 saturated heterocycles. The number of hydrogen-bond donors (Lipinski definition) is 4.